The van der Waals surface area contributed by atoms with Gasteiger partial charge in [0.1, 0.15) is 0 Å². The van der Waals surface area contributed by atoms with Crippen LogP contribution in [0.2, 0.25) is 0 Å². The molecule has 0 saturated carbocycles. The van der Waals surface area contributed by atoms with E-state index in [1.807, 2.05) is 39.8 Å². The van der Waals surface area contributed by atoms with E-state index in [1.165, 1.54) is 7.11 Å². The first-order valence-corrected chi connectivity index (χ1v) is 7.41. The number of nitrogens with one attached hydrogen (secondary N) is 1. The largest absolute Gasteiger partial charge is 0.465 e. The predicted octanol–water partition coefficient (Wildman–Crippen LogP) is 3.96. The van der Waals surface area contributed by atoms with Crippen LogP contribution < -0.4 is 5.32 Å². The molecular formula is C19H21NO3. The summed E-state index contributed by atoms with van der Waals surface area (Å²) >= 11 is 0. The number of amides is 1. The summed E-state index contributed by atoms with van der Waals surface area (Å²) in [6.07, 6.45) is 0. The molecule has 0 heterocycles. The van der Waals surface area contributed by atoms with Gasteiger partial charge in [-0.15, -0.1) is 0 Å². The van der Waals surface area contributed by atoms with Crippen LogP contribution in [0, 0.1) is 27.7 Å². The lowest BCUT2D eigenvalue weighted by atomic mass is 9.99. The highest BCUT2D eigenvalue weighted by atomic mass is 16.5. The van der Waals surface area contributed by atoms with Gasteiger partial charge in [0, 0.05) is 11.3 Å². The average molecular weight is 311 g/mol. The Morgan fingerprint density at radius 2 is 1.52 bits per heavy atom. The van der Waals surface area contributed by atoms with Crippen LogP contribution in [0.25, 0.3) is 0 Å². The van der Waals surface area contributed by atoms with Gasteiger partial charge < -0.3 is 10.1 Å². The van der Waals surface area contributed by atoms with Crippen molar-refractivity contribution in [3.05, 3.63) is 63.7 Å². The van der Waals surface area contributed by atoms with Crippen LogP contribution in [0.3, 0.4) is 0 Å². The predicted molar refractivity (Wildman–Crippen MR) is 91.1 cm³/mol. The van der Waals surface area contributed by atoms with E-state index in [0.29, 0.717) is 16.8 Å². The van der Waals surface area contributed by atoms with E-state index in [2.05, 4.69) is 5.32 Å². The number of methoxy groups -OCH3 is 1. The van der Waals surface area contributed by atoms with Gasteiger partial charge >= 0.3 is 5.97 Å². The molecule has 2 aromatic carbocycles. The third kappa shape index (κ3) is 3.59. The molecule has 0 aliphatic carbocycles. The molecule has 0 aromatic heterocycles. The molecule has 4 heteroatoms. The molecule has 1 amide bonds. The molecule has 0 aliphatic rings. The highest BCUT2D eigenvalue weighted by Crippen LogP contribution is 2.21. The first-order valence-electron chi connectivity index (χ1n) is 7.41. The van der Waals surface area contributed by atoms with E-state index in [-0.39, 0.29) is 5.91 Å². The van der Waals surface area contributed by atoms with Gasteiger partial charge in [-0.2, -0.15) is 0 Å². The standard InChI is InChI=1S/C19H21NO3/c1-11-8-13(3)17(14(4)9-11)18(21)20-16-10-15(19(22)23-5)7-6-12(16)2/h6-10H,1-5H3,(H,20,21). The number of anilines is 1. The molecule has 0 saturated heterocycles. The quantitative estimate of drug-likeness (QED) is 0.873. The van der Waals surface area contributed by atoms with Gasteiger partial charge in [-0.3, -0.25) is 4.79 Å². The Hall–Kier alpha value is -2.62. The minimum absolute atomic E-state index is 0.176. The molecule has 2 rings (SSSR count). The molecule has 0 aliphatic heterocycles. The van der Waals surface area contributed by atoms with Crippen molar-refractivity contribution in [2.45, 2.75) is 27.7 Å². The molecule has 0 radical (unpaired) electrons. The smallest absolute Gasteiger partial charge is 0.337 e. The van der Waals surface area contributed by atoms with Crippen molar-refractivity contribution < 1.29 is 14.3 Å². The summed E-state index contributed by atoms with van der Waals surface area (Å²) in [6.45, 7) is 7.73. The summed E-state index contributed by atoms with van der Waals surface area (Å²) in [5.41, 5.74) is 5.55. The minimum atomic E-state index is -0.428. The lowest BCUT2D eigenvalue weighted by Gasteiger charge is -2.14. The van der Waals surface area contributed by atoms with E-state index < -0.39 is 5.97 Å². The van der Waals surface area contributed by atoms with Gasteiger partial charge in [0.05, 0.1) is 12.7 Å². The SMILES string of the molecule is COC(=O)c1ccc(C)c(NC(=O)c2c(C)cc(C)cc2C)c1. The lowest BCUT2D eigenvalue weighted by Crippen LogP contribution is -2.16. The number of carbonyl (C=O) groups is 2. The van der Waals surface area contributed by atoms with Crippen LogP contribution in [0.1, 0.15) is 43.0 Å². The number of aryl methyl sites for hydroxylation is 4. The number of hydrogen-bond acceptors (Lipinski definition) is 3. The maximum absolute atomic E-state index is 12.6. The van der Waals surface area contributed by atoms with Gasteiger partial charge in [0.2, 0.25) is 0 Å². The van der Waals surface area contributed by atoms with Crippen LogP contribution in [0.4, 0.5) is 5.69 Å². The summed E-state index contributed by atoms with van der Waals surface area (Å²) < 4.78 is 4.72. The Labute approximate surface area is 136 Å². The van der Waals surface area contributed by atoms with Crippen LogP contribution >= 0.6 is 0 Å². The van der Waals surface area contributed by atoms with Crippen molar-refractivity contribution in [3.63, 3.8) is 0 Å². The van der Waals surface area contributed by atoms with E-state index in [4.69, 9.17) is 4.74 Å². The third-order valence-corrected chi connectivity index (χ3v) is 3.81. The van der Waals surface area contributed by atoms with Gasteiger partial charge in [-0.05, 0) is 56.5 Å². The summed E-state index contributed by atoms with van der Waals surface area (Å²) in [7, 11) is 1.33. The second kappa shape index (κ2) is 6.65. The normalized spacial score (nSPS) is 10.3. The Morgan fingerprint density at radius 3 is 2.09 bits per heavy atom. The summed E-state index contributed by atoms with van der Waals surface area (Å²) in [4.78, 5) is 24.3. The third-order valence-electron chi connectivity index (χ3n) is 3.81. The average Bonchev–Trinajstić information content (AvgIpc) is 2.47. The molecule has 0 atom stereocenters. The molecule has 23 heavy (non-hydrogen) atoms. The zero-order valence-electron chi connectivity index (χ0n) is 14.1. The highest BCUT2D eigenvalue weighted by Gasteiger charge is 2.15. The zero-order chi connectivity index (χ0) is 17.1. The first-order chi connectivity index (χ1) is 10.8. The van der Waals surface area contributed by atoms with E-state index in [0.717, 1.165) is 22.3 Å². The van der Waals surface area contributed by atoms with Crippen LogP contribution in [-0.4, -0.2) is 19.0 Å². The van der Waals surface area contributed by atoms with E-state index in [1.54, 1.807) is 18.2 Å². The molecule has 2 aromatic rings. The lowest BCUT2D eigenvalue weighted by molar-refractivity contribution is 0.0600. The molecule has 0 fully saturated rings. The van der Waals surface area contributed by atoms with Crippen molar-refractivity contribution in [1.82, 2.24) is 0 Å². The molecule has 120 valence electrons. The summed E-state index contributed by atoms with van der Waals surface area (Å²) in [6, 6.07) is 9.08. The second-order valence-electron chi connectivity index (χ2n) is 5.75. The monoisotopic (exact) mass is 311 g/mol. The van der Waals surface area contributed by atoms with E-state index >= 15 is 0 Å². The maximum atomic E-state index is 12.6. The molecule has 0 unspecified atom stereocenters. The first kappa shape index (κ1) is 16.7. The fourth-order valence-corrected chi connectivity index (χ4v) is 2.72. The molecule has 0 bridgehead atoms. The number of carbonyl (C=O) groups excluding carboxylic acids is 2. The van der Waals surface area contributed by atoms with Crippen molar-refractivity contribution in [2.75, 3.05) is 12.4 Å². The number of rotatable bonds is 3. The van der Waals surface area contributed by atoms with Crippen LogP contribution in [-0.2, 0) is 4.74 Å². The van der Waals surface area contributed by atoms with Crippen LogP contribution in [0.5, 0.6) is 0 Å². The topological polar surface area (TPSA) is 55.4 Å². The Bertz CT molecular complexity index is 755. The number of benzene rings is 2. The summed E-state index contributed by atoms with van der Waals surface area (Å²) in [5, 5.41) is 2.90. The fourth-order valence-electron chi connectivity index (χ4n) is 2.72. The number of esters is 1. The van der Waals surface area contributed by atoms with E-state index in [9.17, 15) is 9.59 Å². The minimum Gasteiger partial charge on any atom is -0.465 e. The Morgan fingerprint density at radius 1 is 0.913 bits per heavy atom. The molecule has 4 nitrogen and oxygen atoms in total. The van der Waals surface area contributed by atoms with Gasteiger partial charge in [-0.1, -0.05) is 23.8 Å². The highest BCUT2D eigenvalue weighted by molar-refractivity contribution is 6.07. The zero-order valence-corrected chi connectivity index (χ0v) is 14.1. The molecular weight excluding hydrogens is 290 g/mol. The Kier molecular flexibility index (Phi) is 4.84. The Balaban J connectivity index is 2.36. The van der Waals surface area contributed by atoms with Crippen molar-refractivity contribution >= 4 is 17.6 Å². The summed E-state index contributed by atoms with van der Waals surface area (Å²) in [5.74, 6) is -0.603. The van der Waals surface area contributed by atoms with Crippen molar-refractivity contribution in [2.24, 2.45) is 0 Å². The maximum Gasteiger partial charge on any atom is 0.337 e. The molecule has 1 N–H and O–H groups in total. The number of hydrogen-bond donors (Lipinski definition) is 1. The van der Waals surface area contributed by atoms with Gasteiger partial charge in [0.15, 0.2) is 0 Å². The fraction of sp³-hybridized carbons (Fsp3) is 0.263. The van der Waals surface area contributed by atoms with Gasteiger partial charge in [0.25, 0.3) is 5.91 Å². The second-order valence-corrected chi connectivity index (χ2v) is 5.75. The number of ether oxygens (including phenoxy) is 1. The van der Waals surface area contributed by atoms with Crippen LogP contribution in [0.15, 0.2) is 30.3 Å². The molecule has 0 spiro atoms. The van der Waals surface area contributed by atoms with Gasteiger partial charge in [-0.25, -0.2) is 4.79 Å². The van der Waals surface area contributed by atoms with Crippen molar-refractivity contribution in [1.29, 1.82) is 0 Å². The van der Waals surface area contributed by atoms with Crippen molar-refractivity contribution in [3.8, 4) is 0 Å².